The predicted molar refractivity (Wildman–Crippen MR) is 68.4 cm³/mol. The van der Waals surface area contributed by atoms with Crippen molar-refractivity contribution in [2.45, 2.75) is 13.3 Å². The monoisotopic (exact) mass is 247 g/mol. The number of aromatic amines is 2. The molecule has 0 radical (unpaired) electrons. The molecular formula is C11H17N7. The first-order valence-corrected chi connectivity index (χ1v) is 6.23. The minimum atomic E-state index is 0.772. The van der Waals surface area contributed by atoms with Gasteiger partial charge >= 0.3 is 0 Å². The number of H-pyrrole nitrogens is 2. The van der Waals surface area contributed by atoms with E-state index in [1.165, 1.54) is 0 Å². The molecule has 3 heterocycles. The number of nitrogens with zero attached hydrogens (tertiary/aromatic N) is 4. The first-order valence-electron chi connectivity index (χ1n) is 6.23. The Balaban J connectivity index is 1.82. The molecule has 0 amide bonds. The SMILES string of the molecule is Cc1[nH]ncc1-c1nc(N2CCCNCC2)n[nH]1. The molecule has 2 aromatic rings. The number of rotatable bonds is 2. The summed E-state index contributed by atoms with van der Waals surface area (Å²) < 4.78 is 0. The number of hydrogen-bond acceptors (Lipinski definition) is 5. The lowest BCUT2D eigenvalue weighted by Gasteiger charge is -2.16. The molecule has 0 spiro atoms. The molecular weight excluding hydrogens is 230 g/mol. The van der Waals surface area contributed by atoms with Crippen molar-refractivity contribution in [1.82, 2.24) is 30.7 Å². The number of aryl methyl sites for hydroxylation is 1. The van der Waals surface area contributed by atoms with E-state index in [0.717, 1.165) is 55.6 Å². The molecule has 3 rings (SSSR count). The molecule has 0 aromatic carbocycles. The zero-order chi connectivity index (χ0) is 12.4. The molecule has 0 atom stereocenters. The molecule has 3 N–H and O–H groups in total. The number of aromatic nitrogens is 5. The van der Waals surface area contributed by atoms with Gasteiger partial charge in [0.05, 0.1) is 11.8 Å². The molecule has 0 unspecified atom stereocenters. The van der Waals surface area contributed by atoms with Crippen molar-refractivity contribution in [1.29, 1.82) is 0 Å². The summed E-state index contributed by atoms with van der Waals surface area (Å²) in [5, 5.41) is 17.6. The molecule has 1 fully saturated rings. The smallest absolute Gasteiger partial charge is 0.245 e. The van der Waals surface area contributed by atoms with Crippen LogP contribution in [0.3, 0.4) is 0 Å². The first kappa shape index (κ1) is 11.2. The van der Waals surface area contributed by atoms with Gasteiger partial charge in [0.15, 0.2) is 5.82 Å². The minimum Gasteiger partial charge on any atom is -0.338 e. The molecule has 0 aliphatic carbocycles. The summed E-state index contributed by atoms with van der Waals surface area (Å²) in [6.07, 6.45) is 2.89. The van der Waals surface area contributed by atoms with E-state index in [4.69, 9.17) is 0 Å². The highest BCUT2D eigenvalue weighted by Crippen LogP contribution is 2.19. The van der Waals surface area contributed by atoms with E-state index in [2.05, 4.69) is 35.6 Å². The lowest BCUT2D eigenvalue weighted by atomic mass is 10.2. The fourth-order valence-corrected chi connectivity index (χ4v) is 2.15. The maximum Gasteiger partial charge on any atom is 0.245 e. The standard InChI is InChI=1S/C11H17N7/c1-8-9(7-13-15-8)10-14-11(17-16-10)18-5-2-3-12-4-6-18/h7,12H,2-6H2,1H3,(H,13,15)(H,14,16,17). The summed E-state index contributed by atoms with van der Waals surface area (Å²) >= 11 is 0. The van der Waals surface area contributed by atoms with E-state index in [0.29, 0.717) is 0 Å². The Morgan fingerprint density at radius 1 is 1.22 bits per heavy atom. The first-order chi connectivity index (χ1) is 8.84. The second-order valence-electron chi connectivity index (χ2n) is 4.48. The van der Waals surface area contributed by atoms with E-state index in [1.807, 2.05) is 6.92 Å². The number of nitrogens with one attached hydrogen (secondary N) is 3. The third kappa shape index (κ3) is 2.08. The molecule has 2 aromatic heterocycles. The average Bonchev–Trinajstić information content (AvgIpc) is 2.91. The molecule has 7 heteroatoms. The van der Waals surface area contributed by atoms with Crippen LogP contribution in [0.4, 0.5) is 5.95 Å². The number of hydrogen-bond donors (Lipinski definition) is 3. The van der Waals surface area contributed by atoms with Gasteiger partial charge in [-0.2, -0.15) is 10.1 Å². The van der Waals surface area contributed by atoms with Gasteiger partial charge < -0.3 is 10.2 Å². The zero-order valence-corrected chi connectivity index (χ0v) is 10.4. The summed E-state index contributed by atoms with van der Waals surface area (Å²) in [6, 6.07) is 0. The topological polar surface area (TPSA) is 85.5 Å². The van der Waals surface area contributed by atoms with Crippen LogP contribution in [0.25, 0.3) is 11.4 Å². The van der Waals surface area contributed by atoms with Crippen molar-refractivity contribution >= 4 is 5.95 Å². The number of anilines is 1. The average molecular weight is 247 g/mol. The highest BCUT2D eigenvalue weighted by atomic mass is 15.4. The normalized spacial score (nSPS) is 16.8. The lowest BCUT2D eigenvalue weighted by Crippen LogP contribution is -2.28. The van der Waals surface area contributed by atoms with E-state index >= 15 is 0 Å². The maximum absolute atomic E-state index is 4.55. The van der Waals surface area contributed by atoms with E-state index < -0.39 is 0 Å². The molecule has 1 aliphatic rings. The van der Waals surface area contributed by atoms with Crippen molar-refractivity contribution in [2.75, 3.05) is 31.1 Å². The Bertz CT molecular complexity index is 507. The molecule has 7 nitrogen and oxygen atoms in total. The second-order valence-corrected chi connectivity index (χ2v) is 4.48. The van der Waals surface area contributed by atoms with Crippen LogP contribution in [0.5, 0.6) is 0 Å². The molecule has 96 valence electrons. The highest BCUT2D eigenvalue weighted by molar-refractivity contribution is 5.57. The van der Waals surface area contributed by atoms with Gasteiger partial charge in [0.1, 0.15) is 0 Å². The Morgan fingerprint density at radius 2 is 2.17 bits per heavy atom. The van der Waals surface area contributed by atoms with Gasteiger partial charge in [0.25, 0.3) is 0 Å². The molecule has 1 saturated heterocycles. The summed E-state index contributed by atoms with van der Waals surface area (Å²) in [5.74, 6) is 1.54. The highest BCUT2D eigenvalue weighted by Gasteiger charge is 2.16. The van der Waals surface area contributed by atoms with Crippen molar-refractivity contribution in [3.05, 3.63) is 11.9 Å². The van der Waals surface area contributed by atoms with Gasteiger partial charge in [-0.1, -0.05) is 0 Å². The largest absolute Gasteiger partial charge is 0.338 e. The van der Waals surface area contributed by atoms with Crippen LogP contribution in [0.1, 0.15) is 12.1 Å². The van der Waals surface area contributed by atoms with Gasteiger partial charge in [-0.15, -0.1) is 5.10 Å². The Labute approximate surface area is 105 Å². The third-order valence-corrected chi connectivity index (χ3v) is 3.18. The van der Waals surface area contributed by atoms with Crippen molar-refractivity contribution < 1.29 is 0 Å². The summed E-state index contributed by atoms with van der Waals surface area (Å²) in [6.45, 7) is 5.96. The molecule has 1 aliphatic heterocycles. The van der Waals surface area contributed by atoms with Crippen molar-refractivity contribution in [3.63, 3.8) is 0 Å². The fraction of sp³-hybridized carbons (Fsp3) is 0.545. The third-order valence-electron chi connectivity index (χ3n) is 3.18. The van der Waals surface area contributed by atoms with E-state index in [9.17, 15) is 0 Å². The molecule has 0 saturated carbocycles. The van der Waals surface area contributed by atoms with E-state index in [1.54, 1.807) is 6.20 Å². The van der Waals surface area contributed by atoms with Gasteiger partial charge in [-0.05, 0) is 19.9 Å². The van der Waals surface area contributed by atoms with Gasteiger partial charge in [-0.3, -0.25) is 10.2 Å². The maximum atomic E-state index is 4.55. The van der Waals surface area contributed by atoms with Crippen molar-refractivity contribution in [3.8, 4) is 11.4 Å². The predicted octanol–water partition coefficient (Wildman–Crippen LogP) is 0.303. The minimum absolute atomic E-state index is 0.772. The fourth-order valence-electron chi connectivity index (χ4n) is 2.15. The Morgan fingerprint density at radius 3 is 3.00 bits per heavy atom. The van der Waals surface area contributed by atoms with Crippen LogP contribution in [-0.2, 0) is 0 Å². The van der Waals surface area contributed by atoms with Gasteiger partial charge in [0, 0.05) is 25.3 Å². The Hall–Kier alpha value is -1.89. The summed E-state index contributed by atoms with van der Waals surface area (Å²) in [5.41, 5.74) is 1.97. The summed E-state index contributed by atoms with van der Waals surface area (Å²) in [4.78, 5) is 6.75. The lowest BCUT2D eigenvalue weighted by molar-refractivity contribution is 0.724. The Kier molecular flexibility index (Phi) is 2.97. The second kappa shape index (κ2) is 4.77. The van der Waals surface area contributed by atoms with Crippen LogP contribution in [0.15, 0.2) is 6.20 Å². The quantitative estimate of drug-likeness (QED) is 0.711. The van der Waals surface area contributed by atoms with Crippen LogP contribution in [0.2, 0.25) is 0 Å². The van der Waals surface area contributed by atoms with Crippen LogP contribution < -0.4 is 10.2 Å². The van der Waals surface area contributed by atoms with Crippen LogP contribution >= 0.6 is 0 Å². The van der Waals surface area contributed by atoms with E-state index in [-0.39, 0.29) is 0 Å². The zero-order valence-electron chi connectivity index (χ0n) is 10.4. The van der Waals surface area contributed by atoms with Gasteiger partial charge in [0.2, 0.25) is 5.95 Å². The summed E-state index contributed by atoms with van der Waals surface area (Å²) in [7, 11) is 0. The van der Waals surface area contributed by atoms with Crippen LogP contribution in [-0.4, -0.2) is 51.6 Å². The van der Waals surface area contributed by atoms with Crippen LogP contribution in [0, 0.1) is 6.92 Å². The molecule has 18 heavy (non-hydrogen) atoms. The molecule has 0 bridgehead atoms. The van der Waals surface area contributed by atoms with Crippen molar-refractivity contribution in [2.24, 2.45) is 0 Å². The van der Waals surface area contributed by atoms with Gasteiger partial charge in [-0.25, -0.2) is 0 Å².